The summed E-state index contributed by atoms with van der Waals surface area (Å²) in [5.41, 5.74) is 7.09. The van der Waals surface area contributed by atoms with E-state index in [1.165, 1.54) is 12.1 Å². The number of piperidine rings is 1. The van der Waals surface area contributed by atoms with Gasteiger partial charge in [-0.25, -0.2) is 9.07 Å². The summed E-state index contributed by atoms with van der Waals surface area (Å²) in [7, 11) is 0. The molecule has 1 amide bonds. The highest BCUT2D eigenvalue weighted by molar-refractivity contribution is 5.92. The summed E-state index contributed by atoms with van der Waals surface area (Å²) >= 11 is 0. The van der Waals surface area contributed by atoms with Crippen LogP contribution in [0.4, 0.5) is 4.39 Å². The molecule has 0 bridgehead atoms. The molecule has 2 atom stereocenters. The molecule has 0 radical (unpaired) electrons. The number of nitrogens with zero attached hydrogens (tertiary/aromatic N) is 3. The smallest absolute Gasteiger partial charge is 0.274 e. The molecule has 2 unspecified atom stereocenters. The van der Waals surface area contributed by atoms with Gasteiger partial charge in [0.25, 0.3) is 5.91 Å². The van der Waals surface area contributed by atoms with Crippen molar-refractivity contribution >= 4 is 5.91 Å². The van der Waals surface area contributed by atoms with Crippen molar-refractivity contribution in [3.05, 3.63) is 48.0 Å². The van der Waals surface area contributed by atoms with Gasteiger partial charge in [-0.05, 0) is 56.0 Å². The molecule has 1 fully saturated rings. The van der Waals surface area contributed by atoms with Crippen LogP contribution in [0.1, 0.15) is 30.3 Å². The van der Waals surface area contributed by atoms with Crippen LogP contribution in [0, 0.1) is 11.7 Å². The zero-order chi connectivity index (χ0) is 16.4. The molecule has 3 rings (SSSR count). The van der Waals surface area contributed by atoms with E-state index in [1.807, 2.05) is 11.8 Å². The number of aromatic nitrogens is 2. The molecule has 2 heterocycles. The van der Waals surface area contributed by atoms with Gasteiger partial charge in [0.1, 0.15) is 5.82 Å². The number of carbonyl (C=O) groups is 1. The summed E-state index contributed by atoms with van der Waals surface area (Å²) < 4.78 is 14.6. The van der Waals surface area contributed by atoms with E-state index < -0.39 is 0 Å². The molecule has 0 aliphatic carbocycles. The van der Waals surface area contributed by atoms with Crippen LogP contribution in [0.5, 0.6) is 0 Å². The SMILES string of the molecule is CC(N)C1CCCN(C(=O)c2ccn(-c3ccc(F)cc3)n2)C1. The third kappa shape index (κ3) is 3.42. The van der Waals surface area contributed by atoms with E-state index in [9.17, 15) is 9.18 Å². The average molecular weight is 316 g/mol. The quantitative estimate of drug-likeness (QED) is 0.944. The molecule has 1 aromatic carbocycles. The zero-order valence-electron chi connectivity index (χ0n) is 13.2. The molecule has 0 saturated carbocycles. The molecule has 1 aliphatic heterocycles. The predicted molar refractivity (Wildman–Crippen MR) is 85.8 cm³/mol. The number of amides is 1. The monoisotopic (exact) mass is 316 g/mol. The molecular weight excluding hydrogens is 295 g/mol. The first-order valence-corrected chi connectivity index (χ1v) is 7.91. The Hall–Kier alpha value is -2.21. The Bertz CT molecular complexity index is 680. The Morgan fingerprint density at radius 1 is 1.35 bits per heavy atom. The van der Waals surface area contributed by atoms with Crippen molar-refractivity contribution in [1.82, 2.24) is 14.7 Å². The Morgan fingerprint density at radius 3 is 2.78 bits per heavy atom. The lowest BCUT2D eigenvalue weighted by atomic mass is 9.92. The Labute approximate surface area is 134 Å². The van der Waals surface area contributed by atoms with Gasteiger partial charge in [-0.2, -0.15) is 5.10 Å². The molecule has 23 heavy (non-hydrogen) atoms. The number of hydrogen-bond donors (Lipinski definition) is 1. The molecule has 1 saturated heterocycles. The third-order valence-corrected chi connectivity index (χ3v) is 4.39. The number of rotatable bonds is 3. The van der Waals surface area contributed by atoms with E-state index in [0.717, 1.165) is 25.1 Å². The molecule has 1 aliphatic rings. The van der Waals surface area contributed by atoms with Crippen LogP contribution in [0.2, 0.25) is 0 Å². The summed E-state index contributed by atoms with van der Waals surface area (Å²) in [5, 5.41) is 4.33. The second kappa shape index (κ2) is 6.50. The van der Waals surface area contributed by atoms with Gasteiger partial charge in [0.05, 0.1) is 5.69 Å². The van der Waals surface area contributed by atoms with Crippen LogP contribution < -0.4 is 5.73 Å². The second-order valence-electron chi connectivity index (χ2n) is 6.13. The number of nitrogens with two attached hydrogens (primary N) is 1. The fourth-order valence-electron chi connectivity index (χ4n) is 2.96. The number of halogens is 1. The fraction of sp³-hybridized carbons (Fsp3) is 0.412. The van der Waals surface area contributed by atoms with Crippen LogP contribution in [0.3, 0.4) is 0 Å². The third-order valence-electron chi connectivity index (χ3n) is 4.39. The van der Waals surface area contributed by atoms with E-state index in [0.29, 0.717) is 18.2 Å². The van der Waals surface area contributed by atoms with E-state index >= 15 is 0 Å². The van der Waals surface area contributed by atoms with Gasteiger partial charge in [0, 0.05) is 25.3 Å². The maximum atomic E-state index is 13.0. The topological polar surface area (TPSA) is 64.2 Å². The predicted octanol–water partition coefficient (Wildman–Crippen LogP) is 2.21. The lowest BCUT2D eigenvalue weighted by Crippen LogP contribution is -2.45. The zero-order valence-corrected chi connectivity index (χ0v) is 13.2. The highest BCUT2D eigenvalue weighted by atomic mass is 19.1. The number of carbonyl (C=O) groups excluding carboxylic acids is 1. The van der Waals surface area contributed by atoms with E-state index in [4.69, 9.17) is 5.73 Å². The minimum atomic E-state index is -0.299. The lowest BCUT2D eigenvalue weighted by Gasteiger charge is -2.34. The Morgan fingerprint density at radius 2 is 2.09 bits per heavy atom. The van der Waals surface area contributed by atoms with Gasteiger partial charge in [-0.1, -0.05) is 0 Å². The maximum Gasteiger partial charge on any atom is 0.274 e. The first-order valence-electron chi connectivity index (χ1n) is 7.91. The van der Waals surface area contributed by atoms with Crippen LogP contribution in [0.15, 0.2) is 36.5 Å². The van der Waals surface area contributed by atoms with Gasteiger partial charge in [-0.15, -0.1) is 0 Å². The van der Waals surface area contributed by atoms with Crippen molar-refractivity contribution in [3.63, 3.8) is 0 Å². The Balaban J connectivity index is 1.74. The second-order valence-corrected chi connectivity index (χ2v) is 6.13. The number of benzene rings is 1. The lowest BCUT2D eigenvalue weighted by molar-refractivity contribution is 0.0654. The van der Waals surface area contributed by atoms with Crippen LogP contribution >= 0.6 is 0 Å². The average Bonchev–Trinajstić information content (AvgIpc) is 3.05. The Kier molecular flexibility index (Phi) is 4.43. The van der Waals surface area contributed by atoms with Crippen molar-refractivity contribution in [3.8, 4) is 5.69 Å². The van der Waals surface area contributed by atoms with Gasteiger partial charge in [0.2, 0.25) is 0 Å². The fourth-order valence-corrected chi connectivity index (χ4v) is 2.96. The van der Waals surface area contributed by atoms with Crippen molar-refractivity contribution in [2.75, 3.05) is 13.1 Å². The number of hydrogen-bond acceptors (Lipinski definition) is 3. The minimum Gasteiger partial charge on any atom is -0.337 e. The van der Waals surface area contributed by atoms with E-state index in [1.54, 1.807) is 29.1 Å². The summed E-state index contributed by atoms with van der Waals surface area (Å²) in [6.45, 7) is 3.41. The summed E-state index contributed by atoms with van der Waals surface area (Å²) in [6.07, 6.45) is 3.75. The standard InChI is InChI=1S/C17H21FN4O/c1-12(19)13-3-2-9-21(11-13)17(23)16-8-10-22(20-16)15-6-4-14(18)5-7-15/h4-8,10,12-13H,2-3,9,11,19H2,1H3. The van der Waals surface area contributed by atoms with Crippen molar-refractivity contribution in [2.24, 2.45) is 11.7 Å². The van der Waals surface area contributed by atoms with Crippen LogP contribution in [-0.4, -0.2) is 39.7 Å². The maximum absolute atomic E-state index is 13.0. The van der Waals surface area contributed by atoms with Crippen LogP contribution in [0.25, 0.3) is 5.69 Å². The molecule has 5 nitrogen and oxygen atoms in total. The summed E-state index contributed by atoms with van der Waals surface area (Å²) in [5.74, 6) is -0.0319. The summed E-state index contributed by atoms with van der Waals surface area (Å²) in [6, 6.07) is 7.78. The molecule has 1 aromatic heterocycles. The molecule has 6 heteroatoms. The number of likely N-dealkylation sites (tertiary alicyclic amines) is 1. The molecular formula is C17H21FN4O. The summed E-state index contributed by atoms with van der Waals surface area (Å²) in [4.78, 5) is 14.4. The normalized spacial score (nSPS) is 19.6. The first kappa shape index (κ1) is 15.7. The van der Waals surface area contributed by atoms with Gasteiger partial charge >= 0.3 is 0 Å². The van der Waals surface area contributed by atoms with E-state index in [-0.39, 0.29) is 17.8 Å². The molecule has 122 valence electrons. The van der Waals surface area contributed by atoms with Gasteiger partial charge in [-0.3, -0.25) is 4.79 Å². The highest BCUT2D eigenvalue weighted by Gasteiger charge is 2.27. The molecule has 0 spiro atoms. The first-order chi connectivity index (χ1) is 11.0. The molecule has 2 aromatic rings. The van der Waals surface area contributed by atoms with Gasteiger partial charge in [0.15, 0.2) is 5.69 Å². The van der Waals surface area contributed by atoms with E-state index in [2.05, 4.69) is 5.10 Å². The minimum absolute atomic E-state index is 0.0730. The van der Waals surface area contributed by atoms with Crippen molar-refractivity contribution < 1.29 is 9.18 Å². The van der Waals surface area contributed by atoms with Gasteiger partial charge < -0.3 is 10.6 Å². The van der Waals surface area contributed by atoms with Crippen LogP contribution in [-0.2, 0) is 0 Å². The highest BCUT2D eigenvalue weighted by Crippen LogP contribution is 2.20. The largest absolute Gasteiger partial charge is 0.337 e. The molecule has 2 N–H and O–H groups in total. The van der Waals surface area contributed by atoms with Crippen molar-refractivity contribution in [2.45, 2.75) is 25.8 Å². The van der Waals surface area contributed by atoms with Crippen molar-refractivity contribution in [1.29, 1.82) is 0 Å².